The van der Waals surface area contributed by atoms with Crippen molar-refractivity contribution in [1.29, 1.82) is 0 Å². The molecule has 1 aromatic rings. The average molecular weight is 217 g/mol. The standard InChI is InChI=1S/C8H6BrCl/c9-8-3-1-2-7(6-8)4-5-10/h1-6H. The second-order valence-electron chi connectivity index (χ2n) is 1.85. The van der Waals surface area contributed by atoms with Gasteiger partial charge in [-0.1, -0.05) is 39.7 Å². The molecule has 1 aromatic carbocycles. The number of rotatable bonds is 1. The summed E-state index contributed by atoms with van der Waals surface area (Å²) in [5.74, 6) is 0. The highest BCUT2D eigenvalue weighted by Crippen LogP contribution is 2.12. The quantitative estimate of drug-likeness (QED) is 0.673. The van der Waals surface area contributed by atoms with E-state index in [9.17, 15) is 0 Å². The third-order valence-corrected chi connectivity index (χ3v) is 1.72. The number of hydrogen-bond acceptors (Lipinski definition) is 0. The Bertz CT molecular complexity index is 243. The van der Waals surface area contributed by atoms with Gasteiger partial charge in [0.2, 0.25) is 0 Å². The molecule has 0 spiro atoms. The van der Waals surface area contributed by atoms with E-state index in [2.05, 4.69) is 15.9 Å². The van der Waals surface area contributed by atoms with Gasteiger partial charge in [0.15, 0.2) is 0 Å². The van der Waals surface area contributed by atoms with Crippen molar-refractivity contribution >= 4 is 33.6 Å². The lowest BCUT2D eigenvalue weighted by Crippen LogP contribution is -1.68. The topological polar surface area (TPSA) is 0 Å². The Labute approximate surface area is 73.6 Å². The first-order valence-electron chi connectivity index (χ1n) is 2.85. The summed E-state index contributed by atoms with van der Waals surface area (Å²) in [7, 11) is 0. The number of hydrogen-bond donors (Lipinski definition) is 0. The molecule has 0 aromatic heterocycles. The molecule has 52 valence electrons. The van der Waals surface area contributed by atoms with Crippen LogP contribution in [0, 0.1) is 0 Å². The van der Waals surface area contributed by atoms with Crippen molar-refractivity contribution in [1.82, 2.24) is 0 Å². The van der Waals surface area contributed by atoms with Gasteiger partial charge >= 0.3 is 0 Å². The van der Waals surface area contributed by atoms with Crippen molar-refractivity contribution in [2.75, 3.05) is 0 Å². The van der Waals surface area contributed by atoms with E-state index in [1.165, 1.54) is 5.54 Å². The summed E-state index contributed by atoms with van der Waals surface area (Å²) in [6, 6.07) is 7.93. The normalized spacial score (nSPS) is 10.6. The van der Waals surface area contributed by atoms with Crippen LogP contribution in [0.5, 0.6) is 0 Å². The van der Waals surface area contributed by atoms with Crippen molar-refractivity contribution in [2.24, 2.45) is 0 Å². The summed E-state index contributed by atoms with van der Waals surface area (Å²) in [5.41, 5.74) is 2.60. The Morgan fingerprint density at radius 1 is 1.40 bits per heavy atom. The fourth-order valence-electron chi connectivity index (χ4n) is 0.683. The highest BCUT2D eigenvalue weighted by atomic mass is 79.9. The second-order valence-corrected chi connectivity index (χ2v) is 3.02. The maximum Gasteiger partial charge on any atom is 0.0181 e. The molecule has 0 saturated heterocycles. The van der Waals surface area contributed by atoms with E-state index in [1.54, 1.807) is 0 Å². The average Bonchev–Trinajstić information content (AvgIpc) is 1.88. The maximum absolute atomic E-state index is 5.39. The van der Waals surface area contributed by atoms with Crippen LogP contribution in [0.4, 0.5) is 0 Å². The monoisotopic (exact) mass is 216 g/mol. The SMILES string of the molecule is ClC=Cc1cccc(Br)c1. The van der Waals surface area contributed by atoms with Gasteiger partial charge in [-0.2, -0.15) is 0 Å². The van der Waals surface area contributed by atoms with Crippen LogP contribution in [0.3, 0.4) is 0 Å². The lowest BCUT2D eigenvalue weighted by atomic mass is 10.2. The van der Waals surface area contributed by atoms with E-state index in [4.69, 9.17) is 11.6 Å². The fourth-order valence-corrected chi connectivity index (χ4v) is 1.25. The summed E-state index contributed by atoms with van der Waals surface area (Å²) in [6.07, 6.45) is 1.84. The van der Waals surface area contributed by atoms with E-state index in [1.807, 2.05) is 30.3 Å². The van der Waals surface area contributed by atoms with Crippen LogP contribution >= 0.6 is 27.5 Å². The van der Waals surface area contributed by atoms with Crippen LogP contribution in [0.25, 0.3) is 6.08 Å². The molecule has 0 unspecified atom stereocenters. The molecule has 0 aliphatic rings. The van der Waals surface area contributed by atoms with Crippen LogP contribution in [0.15, 0.2) is 34.3 Å². The van der Waals surface area contributed by atoms with Crippen LogP contribution in [-0.4, -0.2) is 0 Å². The van der Waals surface area contributed by atoms with E-state index in [0.29, 0.717) is 0 Å². The van der Waals surface area contributed by atoms with Crippen molar-refractivity contribution in [3.8, 4) is 0 Å². The highest BCUT2D eigenvalue weighted by Gasteiger charge is 1.86. The molecule has 0 N–H and O–H groups in total. The predicted molar refractivity (Wildman–Crippen MR) is 49.0 cm³/mol. The second kappa shape index (κ2) is 3.79. The first-order chi connectivity index (χ1) is 4.83. The van der Waals surface area contributed by atoms with E-state index in [0.717, 1.165) is 10.0 Å². The van der Waals surface area contributed by atoms with Crippen molar-refractivity contribution in [3.05, 3.63) is 39.8 Å². The summed E-state index contributed by atoms with van der Waals surface area (Å²) in [6.45, 7) is 0. The zero-order valence-electron chi connectivity index (χ0n) is 5.22. The van der Waals surface area contributed by atoms with Gasteiger partial charge < -0.3 is 0 Å². The van der Waals surface area contributed by atoms with Gasteiger partial charge in [0.05, 0.1) is 0 Å². The first kappa shape index (κ1) is 7.83. The molecule has 0 atom stereocenters. The molecule has 0 aliphatic heterocycles. The third-order valence-electron chi connectivity index (χ3n) is 1.10. The molecule has 0 nitrogen and oxygen atoms in total. The molecule has 1 rings (SSSR count). The number of benzene rings is 1. The minimum atomic E-state index is 1.07. The summed E-state index contributed by atoms with van der Waals surface area (Å²) < 4.78 is 1.07. The molecule has 0 radical (unpaired) electrons. The predicted octanol–water partition coefficient (Wildman–Crippen LogP) is 3.66. The van der Waals surface area contributed by atoms with Crippen LogP contribution in [-0.2, 0) is 0 Å². The van der Waals surface area contributed by atoms with E-state index in [-0.39, 0.29) is 0 Å². The molecular weight excluding hydrogens is 211 g/mol. The van der Waals surface area contributed by atoms with E-state index < -0.39 is 0 Å². The zero-order valence-corrected chi connectivity index (χ0v) is 7.56. The third kappa shape index (κ3) is 2.16. The van der Waals surface area contributed by atoms with Gasteiger partial charge in [0, 0.05) is 10.0 Å². The van der Waals surface area contributed by atoms with Gasteiger partial charge in [-0.3, -0.25) is 0 Å². The van der Waals surface area contributed by atoms with Gasteiger partial charge in [0.25, 0.3) is 0 Å². The molecule has 0 heterocycles. The molecule has 0 bridgehead atoms. The summed E-state index contributed by atoms with van der Waals surface area (Å²) in [5, 5.41) is 0. The lowest BCUT2D eigenvalue weighted by Gasteiger charge is -1.91. The lowest BCUT2D eigenvalue weighted by molar-refractivity contribution is 1.61. The van der Waals surface area contributed by atoms with Crippen molar-refractivity contribution < 1.29 is 0 Å². The number of halogens is 2. The Balaban J connectivity index is 2.95. The largest absolute Gasteiger partial charge is 0.0929 e. The molecule has 0 aliphatic carbocycles. The zero-order chi connectivity index (χ0) is 7.40. The minimum Gasteiger partial charge on any atom is -0.0929 e. The molecule has 10 heavy (non-hydrogen) atoms. The molecular formula is C8H6BrCl. The molecule has 0 amide bonds. The summed E-state index contributed by atoms with van der Waals surface area (Å²) in [4.78, 5) is 0. The minimum absolute atomic E-state index is 1.07. The smallest absolute Gasteiger partial charge is 0.0181 e. The molecule has 0 saturated carbocycles. The van der Waals surface area contributed by atoms with Gasteiger partial charge in [-0.25, -0.2) is 0 Å². The fraction of sp³-hybridized carbons (Fsp3) is 0. The Morgan fingerprint density at radius 2 is 2.20 bits per heavy atom. The van der Waals surface area contributed by atoms with Gasteiger partial charge in [-0.05, 0) is 23.8 Å². The van der Waals surface area contributed by atoms with Crippen LogP contribution in [0.2, 0.25) is 0 Å². The Kier molecular flexibility index (Phi) is 2.97. The van der Waals surface area contributed by atoms with Crippen LogP contribution < -0.4 is 0 Å². The van der Waals surface area contributed by atoms with Crippen LogP contribution in [0.1, 0.15) is 5.56 Å². The van der Waals surface area contributed by atoms with Crippen molar-refractivity contribution in [2.45, 2.75) is 0 Å². The Hall–Kier alpha value is -0.270. The van der Waals surface area contributed by atoms with Crippen molar-refractivity contribution in [3.63, 3.8) is 0 Å². The van der Waals surface area contributed by atoms with Gasteiger partial charge in [-0.15, -0.1) is 0 Å². The Morgan fingerprint density at radius 3 is 2.80 bits per heavy atom. The van der Waals surface area contributed by atoms with Gasteiger partial charge in [0.1, 0.15) is 0 Å². The molecule has 0 fully saturated rings. The first-order valence-corrected chi connectivity index (χ1v) is 4.08. The molecule has 2 heteroatoms. The van der Waals surface area contributed by atoms with E-state index >= 15 is 0 Å². The highest BCUT2D eigenvalue weighted by molar-refractivity contribution is 9.10. The maximum atomic E-state index is 5.39. The summed E-state index contributed by atoms with van der Waals surface area (Å²) >= 11 is 8.75.